The number of carbonyl (C=O) groups excluding carboxylic acids is 8. The van der Waals surface area contributed by atoms with Gasteiger partial charge in [-0.2, -0.15) is 0 Å². The predicted octanol–water partition coefficient (Wildman–Crippen LogP) is -26.4. The summed E-state index contributed by atoms with van der Waals surface area (Å²) in [7, 11) is 2.18. The number of aliphatic hydroxyl groups is 22. The molecule has 1 aliphatic carbocycles. The minimum atomic E-state index is -2.57. The Morgan fingerprint density at radius 3 is 0.947 bits per heavy atom. The molecule has 0 aromatic rings. The summed E-state index contributed by atoms with van der Waals surface area (Å²) in [5.41, 5.74) is 0. The minimum Gasteiger partial charge on any atom is -0.870 e. The molecule has 748 valence electrons. The first-order chi connectivity index (χ1) is 60.9. The largest absolute Gasteiger partial charge is 1.00 e. The molecule has 9 heterocycles. The Kier molecular flexibility index (Phi) is 44.2. The predicted molar refractivity (Wildman–Crippen MR) is 403 cm³/mol. The maximum Gasteiger partial charge on any atom is 1.00 e. The Hall–Kier alpha value is -3.68. The van der Waals surface area contributed by atoms with E-state index in [1.165, 1.54) is 13.8 Å². The van der Waals surface area contributed by atoms with Crippen molar-refractivity contribution in [2.24, 2.45) is 17.8 Å². The molecular weight excluding hydrogens is 1820 g/mol. The topological polar surface area (TPSA) is 873 Å². The van der Waals surface area contributed by atoms with Gasteiger partial charge in [0.15, 0.2) is 68.8 Å². The zero-order valence-corrected chi connectivity index (χ0v) is 76.8. The van der Waals surface area contributed by atoms with E-state index in [0.717, 1.165) is 41.9 Å². The molecule has 10 aliphatic rings. The van der Waals surface area contributed by atoms with Crippen LogP contribution in [0.1, 0.15) is 54.4 Å². The van der Waals surface area contributed by atoms with Gasteiger partial charge in [-0.15, -0.1) is 5.92 Å². The minimum absolute atomic E-state index is 0. The molecule has 56 nitrogen and oxygen atoms in total. The van der Waals surface area contributed by atoms with E-state index in [-0.39, 0.29) is 77.4 Å². The van der Waals surface area contributed by atoms with Crippen LogP contribution in [0, 0.1) is 17.8 Å². The third kappa shape index (κ3) is 25.6. The number of aliphatic carboxylic acids is 1. The van der Waals surface area contributed by atoms with Crippen molar-refractivity contribution >= 4 is 47.7 Å². The second-order valence-electron chi connectivity index (χ2n) is 32.9. The van der Waals surface area contributed by atoms with E-state index in [4.69, 9.17) is 85.3 Å². The molecule has 50 atom stereocenters. The Balaban J connectivity index is 0.00000793. The molecule has 58 heteroatoms. The Morgan fingerprint density at radius 1 is 0.348 bits per heavy atom. The summed E-state index contributed by atoms with van der Waals surface area (Å²) < 4.78 is 105. The molecular formula is C74H119N6Na2O50-. The molecule has 0 bridgehead atoms. The van der Waals surface area contributed by atoms with Crippen LogP contribution in [0.15, 0.2) is 0 Å². The summed E-state index contributed by atoms with van der Waals surface area (Å²) in [5, 5.41) is 277. The van der Waals surface area contributed by atoms with Gasteiger partial charge in [0.2, 0.25) is 23.6 Å². The molecule has 0 aromatic carbocycles. The van der Waals surface area contributed by atoms with Gasteiger partial charge in [0.25, 0.3) is 11.8 Å². The average Bonchev–Trinajstić information content (AvgIpc) is 0.780. The standard InChI is InChI=1S/C74H119N6O49.2Na.H2O/c1-9-24-37(91)49(103)72(121-54(24)65(110)111)124-58-35(80-22(6)89)69(120-31(17-85)44(58)98)126-60-48(102)53(107)74(123-57-33(78-20(4)87)67(113-8)118-29(15-83)43(57)97)128-62(60)64(109)76-12-27-40(94)46(100)51(105)71(116-27)129-70-50(104)45(99)39(93)26(115-70)11-75-63(108)61-59(47(101)52(106)73(127-61)122-56-32(77-19(3)86)66(112-7)117-28(14-82)42(56)96)125-68-34(79-21(5)88)55(41(95)30(16-84)119-68)114-25-10-23(13-81)18(2)36(90)38(25)92;;;/h18,23-62,66-74,82-85,90-107H,9-12,14-17H2,1-8H3,(H,75,108)(H,76,109)(H,77,86)(H,78,87)(H,79,88)(H,80,89)(H,110,111);;;1H2/q-1;2*+1;/p-2/t18-,23?,24+,25-,26?,27?,28?,29?,30?,31?,32?,33?,34?,35?,36+,37+,38?,39-,40-,41-,42-,43-,44-,45+,46+,47-,48-,49?,50?,51?,52?,53?,54?,55-,56-,57-,58-,59+,60+,61?,62?,66-,67-,68+,69+,70-,71-,72+,73-,74-;;;/m1.../s1. The molecule has 10 rings (SSSR count). The van der Waals surface area contributed by atoms with Gasteiger partial charge in [0, 0.05) is 60.9 Å². The number of carboxylic acid groups (broad SMARTS) is 1. The van der Waals surface area contributed by atoms with E-state index in [1.807, 2.05) is 0 Å². The van der Waals surface area contributed by atoms with Crippen LogP contribution in [0.5, 0.6) is 0 Å². The maximum atomic E-state index is 15.1. The zero-order valence-electron chi connectivity index (χ0n) is 72.8. The van der Waals surface area contributed by atoms with Gasteiger partial charge in [0.1, 0.15) is 201 Å². The molecule has 9 aliphatic heterocycles. The molecule has 6 amide bonds. The number of nitrogens with one attached hydrogen (secondary N) is 6. The summed E-state index contributed by atoms with van der Waals surface area (Å²) in [4.78, 5) is 106. The van der Waals surface area contributed by atoms with Crippen LogP contribution in [0.4, 0.5) is 0 Å². The van der Waals surface area contributed by atoms with Crippen LogP contribution in [0.2, 0.25) is 0 Å². The number of rotatable bonds is 33. The summed E-state index contributed by atoms with van der Waals surface area (Å²) in [6.07, 6.45) is -90.0. The second kappa shape index (κ2) is 50.6. The first kappa shape index (κ1) is 115. The van der Waals surface area contributed by atoms with Gasteiger partial charge in [-0.3, -0.25) is 35.1 Å². The van der Waals surface area contributed by atoms with Gasteiger partial charge in [-0.25, -0.2) is 0 Å². The molecule has 9 saturated heterocycles. The van der Waals surface area contributed by atoms with Crippen LogP contribution >= 0.6 is 0 Å². The Morgan fingerprint density at radius 2 is 0.636 bits per heavy atom. The fraction of sp³-hybridized carbons (Fsp3) is 0.892. The van der Waals surface area contributed by atoms with Crippen molar-refractivity contribution in [2.45, 2.75) is 343 Å². The molecule has 0 radical (unpaired) electrons. The normalized spacial score (nSPS) is 46.4. The van der Waals surface area contributed by atoms with Crippen molar-refractivity contribution in [3.63, 3.8) is 0 Å². The number of amides is 6. The molecule has 0 spiro atoms. The van der Waals surface area contributed by atoms with E-state index in [1.54, 1.807) is 6.29 Å². The smallest absolute Gasteiger partial charge is 0.870 e. The Bertz CT molecular complexity index is 3680. The van der Waals surface area contributed by atoms with Crippen molar-refractivity contribution in [1.29, 1.82) is 0 Å². The summed E-state index contributed by atoms with van der Waals surface area (Å²) in [6, 6.07) is -7.02. The quantitative estimate of drug-likeness (QED) is 0.0214. The van der Waals surface area contributed by atoms with Crippen molar-refractivity contribution in [2.75, 3.05) is 53.7 Å². The van der Waals surface area contributed by atoms with E-state index in [0.29, 0.717) is 0 Å². The number of ether oxygens (including phenoxy) is 18. The average molecular weight is 1940 g/mol. The third-order valence-corrected chi connectivity index (χ3v) is 24.3. The van der Waals surface area contributed by atoms with Crippen molar-refractivity contribution in [1.82, 2.24) is 31.9 Å². The number of hydrogen-bond donors (Lipinski definition) is 28. The van der Waals surface area contributed by atoms with Crippen LogP contribution in [0.25, 0.3) is 0 Å². The molecule has 0 aromatic heterocycles. The fourth-order valence-electron chi connectivity index (χ4n) is 17.2. The van der Waals surface area contributed by atoms with E-state index >= 15 is 9.59 Å². The SMILES string of the molecule is CC[C@@H]1C(C(=O)[O-])O[C@@H](O[C@@H]2C(NC(C)=O)[C@H](O[C@@H]3C(C(=O)NCC4O[C@H](O[C@H]5OC(CNC(=O)C6O[C@@H](O[C@@H]7C(NC(C)=O)[C@H](OC)OC(CO)[C@H]7O)C(O)[C@@H](O)[C@@H]6O[C@@H]6OC(CO)[C@@H](O)[C@H](O[C@@H]7CC([C-]=O)[C@@H](C)[C@H](O)C7O)C6NC(C)=O)[C@@H](O)[C@H](O)C5O)C(O)[C@@H](O)[C@@H]4O)O[C@@H](O[C@@H]4C(NC(C)=O)[C@H](OC)OC(CO)[C@H]4O)C(O)[C@H]3O)OC(CO)[C@H]2O)C(O)[C@H]1O.[Na+].[Na+].[OH-]. The number of aliphatic hydroxyl groups excluding tert-OH is 22. The molecule has 1 saturated carbocycles. The van der Waals surface area contributed by atoms with Gasteiger partial charge in [0.05, 0.1) is 50.7 Å². The van der Waals surface area contributed by atoms with Gasteiger partial charge < -0.3 is 250 Å². The number of hydrogen-bond acceptors (Lipinski definition) is 50. The van der Waals surface area contributed by atoms with Crippen molar-refractivity contribution in [3.05, 3.63) is 0 Å². The van der Waals surface area contributed by atoms with Crippen LogP contribution < -0.4 is 96.1 Å². The third-order valence-electron chi connectivity index (χ3n) is 24.3. The summed E-state index contributed by atoms with van der Waals surface area (Å²) in [6.45, 7) is 0.419. The molecule has 10 fully saturated rings. The summed E-state index contributed by atoms with van der Waals surface area (Å²) >= 11 is 0. The van der Waals surface area contributed by atoms with Crippen molar-refractivity contribution in [3.8, 4) is 0 Å². The van der Waals surface area contributed by atoms with E-state index < -0.39 is 387 Å². The van der Waals surface area contributed by atoms with Gasteiger partial charge in [-0.1, -0.05) is 13.8 Å². The number of carboxylic acids is 1. The van der Waals surface area contributed by atoms with Gasteiger partial charge >= 0.3 is 59.1 Å². The zero-order chi connectivity index (χ0) is 95.2. The van der Waals surface area contributed by atoms with Gasteiger partial charge in [-0.05, 0) is 18.8 Å². The van der Waals surface area contributed by atoms with E-state index in [9.17, 15) is 146 Å². The molecule has 20 unspecified atom stereocenters. The van der Waals surface area contributed by atoms with Crippen LogP contribution in [0.3, 0.4) is 0 Å². The summed E-state index contributed by atoms with van der Waals surface area (Å²) in [5.74, 6) is -11.7. The fourth-order valence-corrected chi connectivity index (χ4v) is 17.2. The first-order valence-electron chi connectivity index (χ1n) is 41.4. The van der Waals surface area contributed by atoms with Crippen LogP contribution in [-0.4, -0.2) is 508 Å². The Labute approximate surface area is 795 Å². The second-order valence-corrected chi connectivity index (χ2v) is 32.9. The monoisotopic (exact) mass is 1940 g/mol. The van der Waals surface area contributed by atoms with Crippen LogP contribution in [-0.2, 0) is 124 Å². The molecule has 29 N–H and O–H groups in total. The van der Waals surface area contributed by atoms with E-state index in [2.05, 4.69) is 31.9 Å². The van der Waals surface area contributed by atoms with Crippen molar-refractivity contribution < 1.29 is 306 Å². The maximum absolute atomic E-state index is 15.1. The number of carbonyl (C=O) groups is 7. The first-order valence-corrected chi connectivity index (χ1v) is 41.4. The number of methoxy groups -OCH3 is 2. The molecule has 132 heavy (non-hydrogen) atoms.